The molecule has 0 radical (unpaired) electrons. The van der Waals surface area contributed by atoms with Gasteiger partial charge in [0, 0.05) is 11.1 Å². The van der Waals surface area contributed by atoms with Crippen LogP contribution in [-0.2, 0) is 0 Å². The number of aromatic nitrogens is 2. The van der Waals surface area contributed by atoms with Gasteiger partial charge in [-0.2, -0.15) is 0 Å². The number of ether oxygens (including phenoxy) is 1. The highest BCUT2D eigenvalue weighted by Crippen LogP contribution is 2.24. The molecule has 0 fully saturated rings. The SMILES string of the molecule is O=C(Nc1nnc(-c2ccc(F)cc2)o1)c1cccc(OC(F)(F)F)c1. The Labute approximate surface area is 143 Å². The Hall–Kier alpha value is -3.43. The van der Waals surface area contributed by atoms with Crippen LogP contribution in [0.1, 0.15) is 10.4 Å². The standard InChI is InChI=1S/C16H9F4N3O3/c17-11-6-4-9(5-7-11)14-22-23-15(25-14)21-13(24)10-2-1-3-12(8-10)26-16(18,19)20/h1-8H,(H,21,23,24). The topological polar surface area (TPSA) is 77.3 Å². The first-order valence-corrected chi connectivity index (χ1v) is 7.07. The summed E-state index contributed by atoms with van der Waals surface area (Å²) >= 11 is 0. The molecule has 134 valence electrons. The molecule has 0 spiro atoms. The van der Waals surface area contributed by atoms with Crippen LogP contribution in [0.15, 0.2) is 52.9 Å². The van der Waals surface area contributed by atoms with Gasteiger partial charge in [0.2, 0.25) is 5.89 Å². The molecule has 1 heterocycles. The Morgan fingerprint density at radius 1 is 1.08 bits per heavy atom. The fraction of sp³-hybridized carbons (Fsp3) is 0.0625. The lowest BCUT2D eigenvalue weighted by Crippen LogP contribution is -2.18. The Balaban J connectivity index is 1.72. The van der Waals surface area contributed by atoms with Gasteiger partial charge in [0.15, 0.2) is 0 Å². The van der Waals surface area contributed by atoms with E-state index in [2.05, 4.69) is 20.3 Å². The Bertz CT molecular complexity index is 923. The summed E-state index contributed by atoms with van der Waals surface area (Å²) in [6.45, 7) is 0. The number of carbonyl (C=O) groups excluding carboxylic acids is 1. The van der Waals surface area contributed by atoms with Crippen LogP contribution in [0.4, 0.5) is 23.6 Å². The predicted molar refractivity (Wildman–Crippen MR) is 80.8 cm³/mol. The molecule has 0 aliphatic heterocycles. The second-order valence-electron chi connectivity index (χ2n) is 4.95. The van der Waals surface area contributed by atoms with Crippen molar-refractivity contribution >= 4 is 11.9 Å². The molecule has 0 bridgehead atoms. The molecule has 1 amide bonds. The lowest BCUT2D eigenvalue weighted by molar-refractivity contribution is -0.274. The van der Waals surface area contributed by atoms with Crippen molar-refractivity contribution in [2.45, 2.75) is 6.36 Å². The van der Waals surface area contributed by atoms with Gasteiger partial charge in [-0.05, 0) is 42.5 Å². The molecule has 0 saturated carbocycles. The third-order valence-corrected chi connectivity index (χ3v) is 3.07. The van der Waals surface area contributed by atoms with Gasteiger partial charge in [0.25, 0.3) is 5.91 Å². The minimum absolute atomic E-state index is 0.0365. The van der Waals surface area contributed by atoms with Crippen molar-refractivity contribution < 1.29 is 31.5 Å². The van der Waals surface area contributed by atoms with Gasteiger partial charge in [0.05, 0.1) is 0 Å². The number of halogens is 4. The molecule has 2 aromatic carbocycles. The molecule has 26 heavy (non-hydrogen) atoms. The molecule has 10 heteroatoms. The van der Waals surface area contributed by atoms with E-state index in [4.69, 9.17) is 4.42 Å². The van der Waals surface area contributed by atoms with Crippen molar-refractivity contribution in [2.75, 3.05) is 5.32 Å². The van der Waals surface area contributed by atoms with Crippen LogP contribution in [0.2, 0.25) is 0 Å². The Morgan fingerprint density at radius 3 is 2.50 bits per heavy atom. The molecule has 1 N–H and O–H groups in total. The molecule has 3 rings (SSSR count). The van der Waals surface area contributed by atoms with E-state index in [0.29, 0.717) is 5.56 Å². The Kier molecular flexibility index (Phi) is 4.57. The monoisotopic (exact) mass is 367 g/mol. The van der Waals surface area contributed by atoms with Crippen LogP contribution >= 0.6 is 0 Å². The number of hydrogen-bond donors (Lipinski definition) is 1. The summed E-state index contributed by atoms with van der Waals surface area (Å²) in [5, 5.41) is 9.57. The summed E-state index contributed by atoms with van der Waals surface area (Å²) in [6.07, 6.45) is -4.87. The van der Waals surface area contributed by atoms with E-state index in [-0.39, 0.29) is 17.5 Å². The molecule has 0 saturated heterocycles. The molecule has 0 atom stereocenters. The number of nitrogens with one attached hydrogen (secondary N) is 1. The first kappa shape index (κ1) is 17.4. The highest BCUT2D eigenvalue weighted by Gasteiger charge is 2.31. The largest absolute Gasteiger partial charge is 0.573 e. The van der Waals surface area contributed by atoms with Crippen LogP contribution in [0.5, 0.6) is 5.75 Å². The van der Waals surface area contributed by atoms with E-state index in [9.17, 15) is 22.4 Å². The van der Waals surface area contributed by atoms with Crippen LogP contribution in [-0.4, -0.2) is 22.5 Å². The van der Waals surface area contributed by atoms with Gasteiger partial charge in [-0.25, -0.2) is 4.39 Å². The minimum Gasteiger partial charge on any atom is -0.406 e. The number of benzene rings is 2. The van der Waals surface area contributed by atoms with E-state index in [0.717, 1.165) is 12.1 Å². The summed E-state index contributed by atoms with van der Waals surface area (Å²) in [7, 11) is 0. The number of rotatable bonds is 4. The molecule has 0 aliphatic carbocycles. The van der Waals surface area contributed by atoms with Gasteiger partial charge in [-0.1, -0.05) is 11.2 Å². The summed E-state index contributed by atoms with van der Waals surface area (Å²) < 4.78 is 58.6. The zero-order valence-corrected chi connectivity index (χ0v) is 12.7. The molecule has 0 aliphatic rings. The van der Waals surface area contributed by atoms with Crippen molar-refractivity contribution in [2.24, 2.45) is 0 Å². The van der Waals surface area contributed by atoms with Gasteiger partial charge < -0.3 is 9.15 Å². The van der Waals surface area contributed by atoms with Crippen LogP contribution < -0.4 is 10.1 Å². The van der Waals surface area contributed by atoms with Crippen molar-refractivity contribution in [3.8, 4) is 17.2 Å². The first-order valence-electron chi connectivity index (χ1n) is 7.07. The molecule has 1 aromatic heterocycles. The average Bonchev–Trinajstić information content (AvgIpc) is 3.02. The third kappa shape index (κ3) is 4.35. The summed E-state index contributed by atoms with van der Waals surface area (Å²) in [5.41, 5.74) is 0.327. The van der Waals surface area contributed by atoms with E-state index in [1.807, 2.05) is 0 Å². The zero-order chi connectivity index (χ0) is 18.7. The number of nitrogens with zero attached hydrogens (tertiary/aromatic N) is 2. The van der Waals surface area contributed by atoms with Crippen molar-refractivity contribution in [1.82, 2.24) is 10.2 Å². The number of amides is 1. The van der Waals surface area contributed by atoms with Crippen molar-refractivity contribution in [3.63, 3.8) is 0 Å². The lowest BCUT2D eigenvalue weighted by atomic mass is 10.2. The fourth-order valence-corrected chi connectivity index (χ4v) is 1.99. The predicted octanol–water partition coefficient (Wildman–Crippen LogP) is 4.03. The third-order valence-electron chi connectivity index (χ3n) is 3.07. The second-order valence-corrected chi connectivity index (χ2v) is 4.95. The maximum atomic E-state index is 12.9. The zero-order valence-electron chi connectivity index (χ0n) is 12.7. The fourth-order valence-electron chi connectivity index (χ4n) is 1.99. The van der Waals surface area contributed by atoms with E-state index in [1.54, 1.807) is 0 Å². The van der Waals surface area contributed by atoms with Crippen molar-refractivity contribution in [3.05, 3.63) is 59.9 Å². The highest BCUT2D eigenvalue weighted by atomic mass is 19.4. The normalized spacial score (nSPS) is 11.2. The van der Waals surface area contributed by atoms with Crippen LogP contribution in [0, 0.1) is 5.82 Å². The first-order chi connectivity index (χ1) is 12.3. The molecular weight excluding hydrogens is 358 g/mol. The van der Waals surface area contributed by atoms with Gasteiger partial charge in [-0.3, -0.25) is 10.1 Å². The number of alkyl halides is 3. The summed E-state index contributed by atoms with van der Waals surface area (Å²) in [5.74, 6) is -1.72. The van der Waals surface area contributed by atoms with Crippen LogP contribution in [0.3, 0.4) is 0 Å². The maximum absolute atomic E-state index is 12.9. The van der Waals surface area contributed by atoms with Gasteiger partial charge >= 0.3 is 12.4 Å². The average molecular weight is 367 g/mol. The highest BCUT2D eigenvalue weighted by molar-refractivity contribution is 6.03. The Morgan fingerprint density at radius 2 is 1.81 bits per heavy atom. The van der Waals surface area contributed by atoms with E-state index < -0.39 is 23.8 Å². The van der Waals surface area contributed by atoms with Crippen LogP contribution in [0.25, 0.3) is 11.5 Å². The maximum Gasteiger partial charge on any atom is 0.573 e. The van der Waals surface area contributed by atoms with E-state index in [1.165, 1.54) is 36.4 Å². The lowest BCUT2D eigenvalue weighted by Gasteiger charge is -2.09. The molecule has 3 aromatic rings. The molecule has 0 unspecified atom stereocenters. The minimum atomic E-state index is -4.87. The summed E-state index contributed by atoms with van der Waals surface area (Å²) in [6, 6.07) is 9.44. The number of hydrogen-bond acceptors (Lipinski definition) is 5. The summed E-state index contributed by atoms with van der Waals surface area (Å²) in [4.78, 5) is 12.1. The smallest absolute Gasteiger partial charge is 0.406 e. The van der Waals surface area contributed by atoms with Gasteiger partial charge in [0.1, 0.15) is 11.6 Å². The molecular formula is C16H9F4N3O3. The van der Waals surface area contributed by atoms with E-state index >= 15 is 0 Å². The quantitative estimate of drug-likeness (QED) is 0.705. The molecule has 6 nitrogen and oxygen atoms in total. The number of anilines is 1. The van der Waals surface area contributed by atoms with Gasteiger partial charge in [-0.15, -0.1) is 18.3 Å². The second kappa shape index (κ2) is 6.82. The number of carbonyl (C=O) groups is 1. The van der Waals surface area contributed by atoms with Crippen molar-refractivity contribution in [1.29, 1.82) is 0 Å².